The van der Waals surface area contributed by atoms with E-state index < -0.39 is 0 Å². The molecule has 2 aromatic heterocycles. The summed E-state index contributed by atoms with van der Waals surface area (Å²) >= 11 is 3.21. The van der Waals surface area contributed by atoms with Gasteiger partial charge in [0.15, 0.2) is 10.4 Å². The molecule has 0 spiro atoms. The minimum Gasteiger partial charge on any atom is -0.444 e. The Bertz CT molecular complexity index is 591. The zero-order valence-corrected chi connectivity index (χ0v) is 12.5. The molecule has 1 saturated heterocycles. The van der Waals surface area contributed by atoms with Gasteiger partial charge in [0.1, 0.15) is 13.1 Å². The van der Waals surface area contributed by atoms with Crippen LogP contribution in [-0.2, 0) is 0 Å². The number of halogens is 1. The molecule has 0 saturated carbocycles. The molecule has 1 aliphatic rings. The van der Waals surface area contributed by atoms with Crippen molar-refractivity contribution in [2.45, 2.75) is 0 Å². The number of H-pyrrole nitrogens is 1. The summed E-state index contributed by atoms with van der Waals surface area (Å²) in [6.45, 7) is 3.02. The van der Waals surface area contributed by atoms with Gasteiger partial charge < -0.3 is 9.32 Å². The molecule has 2 aromatic rings. The molecule has 1 aliphatic heterocycles. The van der Waals surface area contributed by atoms with Gasteiger partial charge in [-0.3, -0.25) is 9.69 Å². The fourth-order valence-electron chi connectivity index (χ4n) is 2.32. The van der Waals surface area contributed by atoms with Gasteiger partial charge in [0, 0.05) is 6.07 Å². The lowest BCUT2D eigenvalue weighted by atomic mass is 10.2. The van der Waals surface area contributed by atoms with Crippen molar-refractivity contribution in [1.82, 2.24) is 4.90 Å². The van der Waals surface area contributed by atoms with E-state index in [9.17, 15) is 4.79 Å². The highest BCUT2D eigenvalue weighted by molar-refractivity contribution is 9.10. The van der Waals surface area contributed by atoms with E-state index in [1.807, 2.05) is 29.3 Å². The topological polar surface area (TPSA) is 50.8 Å². The summed E-state index contributed by atoms with van der Waals surface area (Å²) in [7, 11) is 0. The Morgan fingerprint density at radius 1 is 1.15 bits per heavy atom. The number of carbonyl (C=O) groups excluding carboxylic acids is 1. The second kappa shape index (κ2) is 5.66. The van der Waals surface area contributed by atoms with Crippen LogP contribution < -0.4 is 9.88 Å². The van der Waals surface area contributed by atoms with Crippen molar-refractivity contribution in [2.24, 2.45) is 0 Å². The van der Waals surface area contributed by atoms with Gasteiger partial charge in [-0.25, -0.2) is 4.98 Å². The van der Waals surface area contributed by atoms with Crippen LogP contribution in [0, 0.1) is 0 Å². The van der Waals surface area contributed by atoms with Gasteiger partial charge in [0.25, 0.3) is 11.7 Å². The molecule has 104 valence electrons. The molecular formula is C14H15BrN3O2+. The third kappa shape index (κ3) is 2.70. The highest BCUT2D eigenvalue weighted by Crippen LogP contribution is 2.17. The summed E-state index contributed by atoms with van der Waals surface area (Å²) in [6, 6.07) is 9.44. The Hall–Kier alpha value is -1.82. The molecule has 1 N–H and O–H groups in total. The van der Waals surface area contributed by atoms with Crippen LogP contribution in [0.4, 0.5) is 5.82 Å². The molecule has 3 heterocycles. The van der Waals surface area contributed by atoms with E-state index in [1.54, 1.807) is 12.1 Å². The smallest absolute Gasteiger partial charge is 0.289 e. The Balaban J connectivity index is 1.63. The number of rotatable bonds is 2. The van der Waals surface area contributed by atoms with Crippen LogP contribution in [0.5, 0.6) is 0 Å². The van der Waals surface area contributed by atoms with E-state index >= 15 is 0 Å². The van der Waals surface area contributed by atoms with Crippen molar-refractivity contribution in [3.8, 4) is 0 Å². The van der Waals surface area contributed by atoms with Crippen molar-refractivity contribution in [2.75, 3.05) is 31.1 Å². The van der Waals surface area contributed by atoms with Gasteiger partial charge in [-0.15, -0.1) is 0 Å². The van der Waals surface area contributed by atoms with Crippen LogP contribution in [0.3, 0.4) is 0 Å². The minimum atomic E-state index is -0.0487. The molecule has 0 aliphatic carbocycles. The third-order valence-electron chi connectivity index (χ3n) is 3.38. The van der Waals surface area contributed by atoms with Crippen molar-refractivity contribution in [1.29, 1.82) is 0 Å². The van der Waals surface area contributed by atoms with Gasteiger partial charge in [0.05, 0.1) is 19.3 Å². The van der Waals surface area contributed by atoms with Gasteiger partial charge in [-0.1, -0.05) is 6.07 Å². The summed E-state index contributed by atoms with van der Waals surface area (Å²) in [5.41, 5.74) is 0. The van der Waals surface area contributed by atoms with E-state index in [2.05, 4.69) is 25.8 Å². The zero-order chi connectivity index (χ0) is 13.9. The van der Waals surface area contributed by atoms with E-state index in [0.29, 0.717) is 23.5 Å². The number of carbonyl (C=O) groups is 1. The fourth-order valence-corrected chi connectivity index (χ4v) is 2.62. The summed E-state index contributed by atoms with van der Waals surface area (Å²) in [4.78, 5) is 19.5. The third-order valence-corrected chi connectivity index (χ3v) is 3.81. The van der Waals surface area contributed by atoms with E-state index in [1.165, 1.54) is 0 Å². The number of hydrogen-bond donors (Lipinski definition) is 0. The summed E-state index contributed by atoms with van der Waals surface area (Å²) in [5, 5.41) is 0. The first-order valence-electron chi connectivity index (χ1n) is 6.50. The lowest BCUT2D eigenvalue weighted by Crippen LogP contribution is -2.49. The molecule has 3 rings (SSSR count). The maximum absolute atomic E-state index is 12.2. The van der Waals surface area contributed by atoms with Crippen LogP contribution in [0.2, 0.25) is 0 Å². The molecule has 0 bridgehead atoms. The predicted molar refractivity (Wildman–Crippen MR) is 77.5 cm³/mol. The molecule has 1 fully saturated rings. The Labute approximate surface area is 125 Å². The van der Waals surface area contributed by atoms with Crippen molar-refractivity contribution >= 4 is 27.7 Å². The Morgan fingerprint density at radius 2 is 1.95 bits per heavy atom. The van der Waals surface area contributed by atoms with E-state index in [4.69, 9.17) is 4.42 Å². The first kappa shape index (κ1) is 13.2. The van der Waals surface area contributed by atoms with E-state index in [0.717, 1.165) is 18.9 Å². The lowest BCUT2D eigenvalue weighted by molar-refractivity contribution is -0.364. The van der Waals surface area contributed by atoms with Gasteiger partial charge in [-0.05, 0) is 34.1 Å². The van der Waals surface area contributed by atoms with Crippen molar-refractivity contribution in [3.05, 3.63) is 47.0 Å². The molecular weight excluding hydrogens is 322 g/mol. The molecule has 20 heavy (non-hydrogen) atoms. The number of aromatic nitrogens is 1. The average molecular weight is 337 g/mol. The molecule has 5 nitrogen and oxygen atoms in total. The average Bonchev–Trinajstić information content (AvgIpc) is 2.94. The lowest BCUT2D eigenvalue weighted by Gasteiger charge is -2.30. The van der Waals surface area contributed by atoms with Crippen LogP contribution in [0.1, 0.15) is 10.6 Å². The maximum Gasteiger partial charge on any atom is 0.289 e. The number of aromatic amines is 1. The number of hydrogen-bond acceptors (Lipinski definition) is 3. The van der Waals surface area contributed by atoms with E-state index in [-0.39, 0.29) is 5.91 Å². The number of anilines is 1. The Morgan fingerprint density at radius 3 is 2.55 bits per heavy atom. The number of pyridine rings is 1. The van der Waals surface area contributed by atoms with Gasteiger partial charge >= 0.3 is 0 Å². The predicted octanol–water partition coefficient (Wildman–Crippen LogP) is 1.82. The van der Waals surface area contributed by atoms with Gasteiger partial charge in [-0.2, -0.15) is 0 Å². The quantitative estimate of drug-likeness (QED) is 0.840. The summed E-state index contributed by atoms with van der Waals surface area (Å²) in [6.07, 6.45) is 1.91. The first-order chi connectivity index (χ1) is 9.74. The first-order valence-corrected chi connectivity index (χ1v) is 7.29. The second-order valence-electron chi connectivity index (χ2n) is 4.63. The highest BCUT2D eigenvalue weighted by atomic mass is 79.9. The standard InChI is InChI=1S/C14H14BrN3O2/c15-12-5-4-11(20-12)14(19)18-9-7-17(8-10-18)13-3-1-2-6-16-13/h1-6H,7-10H2/p+1. The molecule has 1 amide bonds. The SMILES string of the molecule is O=C(c1ccc(Br)o1)N1CCN(c2cccc[nH+]2)CC1. The van der Waals surface area contributed by atoms with Crippen LogP contribution in [0.15, 0.2) is 45.6 Å². The van der Waals surface area contributed by atoms with Crippen molar-refractivity contribution in [3.63, 3.8) is 0 Å². The van der Waals surface area contributed by atoms with Crippen LogP contribution in [-0.4, -0.2) is 37.0 Å². The maximum atomic E-state index is 12.2. The monoisotopic (exact) mass is 336 g/mol. The van der Waals surface area contributed by atoms with Gasteiger partial charge in [0.2, 0.25) is 0 Å². The number of furan rings is 1. The molecule has 0 unspecified atom stereocenters. The molecule has 6 heteroatoms. The minimum absolute atomic E-state index is 0.0487. The Kier molecular flexibility index (Phi) is 3.73. The fraction of sp³-hybridized carbons (Fsp3) is 0.286. The molecule has 0 radical (unpaired) electrons. The summed E-state index contributed by atoms with van der Waals surface area (Å²) < 4.78 is 5.90. The normalized spacial score (nSPS) is 15.4. The van der Waals surface area contributed by atoms with Crippen molar-refractivity contribution < 1.29 is 14.2 Å². The second-order valence-corrected chi connectivity index (χ2v) is 5.41. The number of amides is 1. The molecule has 0 atom stereocenters. The van der Waals surface area contributed by atoms with Crippen LogP contribution >= 0.6 is 15.9 Å². The summed E-state index contributed by atoms with van der Waals surface area (Å²) in [5.74, 6) is 1.42. The van der Waals surface area contributed by atoms with Crippen LogP contribution in [0.25, 0.3) is 0 Å². The number of nitrogens with one attached hydrogen (secondary N) is 1. The zero-order valence-electron chi connectivity index (χ0n) is 10.9. The number of nitrogens with zero attached hydrogens (tertiary/aromatic N) is 2. The number of piperazine rings is 1. The largest absolute Gasteiger partial charge is 0.444 e. The molecule has 0 aromatic carbocycles. The highest BCUT2D eigenvalue weighted by Gasteiger charge is 2.27.